The molecule has 0 aliphatic carbocycles. The first kappa shape index (κ1) is 17.6. The van der Waals surface area contributed by atoms with Gasteiger partial charge in [0.1, 0.15) is 0 Å². The van der Waals surface area contributed by atoms with Crippen molar-refractivity contribution in [1.29, 1.82) is 0 Å². The summed E-state index contributed by atoms with van der Waals surface area (Å²) in [5, 5.41) is 9.07. The van der Waals surface area contributed by atoms with Gasteiger partial charge >= 0.3 is 30.0 Å². The molecule has 0 aromatic rings. The zero-order chi connectivity index (χ0) is 15.7. The topological polar surface area (TPSA) is 49.3 Å². The van der Waals surface area contributed by atoms with Gasteiger partial charge in [-0.25, -0.2) is 4.79 Å². The number of alkyl halides is 9. The van der Waals surface area contributed by atoms with Crippen LogP contribution in [0.2, 0.25) is 0 Å². The van der Waals surface area contributed by atoms with E-state index in [0.29, 0.717) is 0 Å². The lowest BCUT2D eigenvalue weighted by molar-refractivity contribution is -0.396. The van der Waals surface area contributed by atoms with E-state index in [2.05, 4.69) is 0 Å². The second-order valence-electron chi connectivity index (χ2n) is 3.33. The minimum atomic E-state index is -6.95. The van der Waals surface area contributed by atoms with Gasteiger partial charge in [-0.05, 0) is 0 Å². The second-order valence-corrected chi connectivity index (χ2v) is 3.33. The highest BCUT2D eigenvalue weighted by Gasteiger charge is 2.81. The Morgan fingerprint density at radius 2 is 1.32 bits per heavy atom. The Morgan fingerprint density at radius 3 is 1.63 bits per heavy atom. The standard InChI is InChI=1S/C7H6F9NO2/c8-4(9,1-2-17-3(18)19)5(10,11)6(12,13)7(14,15)16/h17H,1-2H2,(H,18,19). The number of hydrogen-bond acceptors (Lipinski definition) is 1. The Labute approximate surface area is 98.9 Å². The third-order valence-corrected chi connectivity index (χ3v) is 1.92. The minimum Gasteiger partial charge on any atom is -0.465 e. The molecule has 0 bridgehead atoms. The molecule has 0 saturated carbocycles. The van der Waals surface area contributed by atoms with Gasteiger partial charge in [0.2, 0.25) is 0 Å². The highest BCUT2D eigenvalue weighted by Crippen LogP contribution is 2.53. The van der Waals surface area contributed by atoms with Crippen molar-refractivity contribution < 1.29 is 49.4 Å². The summed E-state index contributed by atoms with van der Waals surface area (Å²) < 4.78 is 110. The molecule has 19 heavy (non-hydrogen) atoms. The molecule has 2 N–H and O–H groups in total. The van der Waals surface area contributed by atoms with Crippen LogP contribution in [-0.2, 0) is 0 Å². The highest BCUT2D eigenvalue weighted by atomic mass is 19.4. The first-order chi connectivity index (χ1) is 8.17. The lowest BCUT2D eigenvalue weighted by Gasteiger charge is -2.33. The second kappa shape index (κ2) is 4.96. The molecule has 0 aliphatic heterocycles. The number of hydrogen-bond donors (Lipinski definition) is 2. The van der Waals surface area contributed by atoms with Crippen LogP contribution in [0.4, 0.5) is 44.3 Å². The molecule has 0 heterocycles. The van der Waals surface area contributed by atoms with E-state index in [1.165, 1.54) is 0 Å². The number of amides is 1. The first-order valence-corrected chi connectivity index (χ1v) is 4.34. The van der Waals surface area contributed by atoms with Gasteiger partial charge in [0, 0.05) is 13.0 Å². The molecule has 0 spiro atoms. The lowest BCUT2D eigenvalue weighted by Crippen LogP contribution is -2.61. The molecule has 0 unspecified atom stereocenters. The van der Waals surface area contributed by atoms with E-state index < -0.39 is 43.0 Å². The highest BCUT2D eigenvalue weighted by molar-refractivity contribution is 5.64. The van der Waals surface area contributed by atoms with E-state index in [9.17, 15) is 44.3 Å². The van der Waals surface area contributed by atoms with Gasteiger partial charge in [-0.1, -0.05) is 0 Å². The lowest BCUT2D eigenvalue weighted by atomic mass is 10.0. The van der Waals surface area contributed by atoms with Crippen LogP contribution in [0.3, 0.4) is 0 Å². The van der Waals surface area contributed by atoms with Crippen molar-refractivity contribution in [2.24, 2.45) is 0 Å². The van der Waals surface area contributed by atoms with E-state index in [-0.39, 0.29) is 0 Å². The zero-order valence-electron chi connectivity index (χ0n) is 8.67. The van der Waals surface area contributed by atoms with Crippen LogP contribution < -0.4 is 5.32 Å². The fraction of sp³-hybridized carbons (Fsp3) is 0.857. The molecule has 0 aromatic heterocycles. The van der Waals surface area contributed by atoms with E-state index in [1.54, 1.807) is 0 Å². The summed E-state index contributed by atoms with van der Waals surface area (Å²) in [6.07, 6.45) is -11.0. The van der Waals surface area contributed by atoms with Crippen molar-refractivity contribution in [2.45, 2.75) is 30.4 Å². The van der Waals surface area contributed by atoms with Gasteiger partial charge < -0.3 is 10.4 Å². The molecular weight excluding hydrogens is 301 g/mol. The van der Waals surface area contributed by atoms with Gasteiger partial charge in [0.05, 0.1) is 0 Å². The SMILES string of the molecule is O=C(O)NCCC(F)(F)C(F)(F)C(F)(F)C(F)(F)F. The van der Waals surface area contributed by atoms with Crippen molar-refractivity contribution in [3.63, 3.8) is 0 Å². The van der Waals surface area contributed by atoms with Gasteiger partial charge in [0.25, 0.3) is 0 Å². The smallest absolute Gasteiger partial charge is 0.460 e. The maximum absolute atomic E-state index is 12.7. The molecule has 0 aromatic carbocycles. The van der Waals surface area contributed by atoms with E-state index in [0.717, 1.165) is 5.32 Å². The molecule has 12 heteroatoms. The Hall–Kier alpha value is -1.36. The number of nitrogens with one attached hydrogen (secondary N) is 1. The van der Waals surface area contributed by atoms with Crippen LogP contribution in [-0.4, -0.2) is 41.7 Å². The predicted molar refractivity (Wildman–Crippen MR) is 41.5 cm³/mol. The van der Waals surface area contributed by atoms with Gasteiger partial charge in [-0.2, -0.15) is 39.5 Å². The molecule has 1 amide bonds. The number of carbonyl (C=O) groups is 1. The Morgan fingerprint density at radius 1 is 0.895 bits per heavy atom. The summed E-state index contributed by atoms with van der Waals surface area (Å²) in [5.41, 5.74) is 0. The van der Waals surface area contributed by atoms with Crippen molar-refractivity contribution in [1.82, 2.24) is 5.32 Å². The summed E-state index contributed by atoms with van der Waals surface area (Å²) in [7, 11) is 0. The fourth-order valence-corrected chi connectivity index (χ4v) is 0.891. The average molecular weight is 307 g/mol. The zero-order valence-corrected chi connectivity index (χ0v) is 8.67. The molecule has 3 nitrogen and oxygen atoms in total. The van der Waals surface area contributed by atoms with Gasteiger partial charge in [-0.15, -0.1) is 0 Å². The van der Waals surface area contributed by atoms with Crippen molar-refractivity contribution in [3.8, 4) is 0 Å². The van der Waals surface area contributed by atoms with Crippen LogP contribution in [0.25, 0.3) is 0 Å². The minimum absolute atomic E-state index is 1.14. The van der Waals surface area contributed by atoms with Gasteiger partial charge in [-0.3, -0.25) is 0 Å². The van der Waals surface area contributed by atoms with Crippen LogP contribution in [0.1, 0.15) is 6.42 Å². The van der Waals surface area contributed by atoms with Crippen LogP contribution in [0.15, 0.2) is 0 Å². The molecule has 0 aliphatic rings. The van der Waals surface area contributed by atoms with Crippen LogP contribution in [0, 0.1) is 0 Å². The quantitative estimate of drug-likeness (QED) is 0.767. The van der Waals surface area contributed by atoms with Crippen LogP contribution in [0.5, 0.6) is 0 Å². The molecule has 114 valence electrons. The van der Waals surface area contributed by atoms with Crippen molar-refractivity contribution >= 4 is 6.09 Å². The predicted octanol–water partition coefficient (Wildman–Crippen LogP) is 3.11. The Kier molecular flexibility index (Phi) is 4.61. The first-order valence-electron chi connectivity index (χ1n) is 4.34. The maximum Gasteiger partial charge on any atom is 0.460 e. The monoisotopic (exact) mass is 307 g/mol. The largest absolute Gasteiger partial charge is 0.465 e. The van der Waals surface area contributed by atoms with E-state index in [4.69, 9.17) is 5.11 Å². The molecule has 0 rings (SSSR count). The Balaban J connectivity index is 5.11. The van der Waals surface area contributed by atoms with Crippen molar-refractivity contribution in [3.05, 3.63) is 0 Å². The molecular formula is C7H6F9NO2. The fourth-order valence-electron chi connectivity index (χ4n) is 0.891. The summed E-state index contributed by atoms with van der Waals surface area (Å²) in [5.74, 6) is -19.4. The van der Waals surface area contributed by atoms with Crippen LogP contribution >= 0.6 is 0 Å². The number of halogens is 9. The third-order valence-electron chi connectivity index (χ3n) is 1.92. The van der Waals surface area contributed by atoms with Crippen molar-refractivity contribution in [2.75, 3.05) is 6.54 Å². The Bertz CT molecular complexity index is 338. The summed E-state index contributed by atoms with van der Waals surface area (Å²) in [6, 6.07) is 0. The maximum atomic E-state index is 12.7. The summed E-state index contributed by atoms with van der Waals surface area (Å²) >= 11 is 0. The third kappa shape index (κ3) is 3.35. The van der Waals surface area contributed by atoms with E-state index >= 15 is 0 Å². The summed E-state index contributed by atoms with van der Waals surface area (Å²) in [4.78, 5) is 9.82. The normalized spacial score (nSPS) is 14.4. The molecule has 0 fully saturated rings. The number of carboxylic acid groups (broad SMARTS) is 1. The summed E-state index contributed by atoms with van der Waals surface area (Å²) in [6.45, 7) is -1.42. The van der Waals surface area contributed by atoms with E-state index in [1.807, 2.05) is 0 Å². The van der Waals surface area contributed by atoms with Gasteiger partial charge in [0.15, 0.2) is 0 Å². The molecule has 0 radical (unpaired) electrons. The average Bonchev–Trinajstić information content (AvgIpc) is 2.14. The molecule has 0 atom stereocenters. The molecule has 0 saturated heterocycles. The number of rotatable bonds is 5.